The molecule has 0 radical (unpaired) electrons. The van der Waals surface area contributed by atoms with Gasteiger partial charge in [-0.05, 0) is 40.9 Å². The zero-order chi connectivity index (χ0) is 13.3. The monoisotopic (exact) mass is 313 g/mol. The molecular formula is C13H10BrF2NO. The molecule has 1 unspecified atom stereocenters. The Morgan fingerprint density at radius 1 is 1.44 bits per heavy atom. The van der Waals surface area contributed by atoms with Crippen LogP contribution in [0, 0.1) is 28.4 Å². The number of hydrogen-bond donors (Lipinski definition) is 0. The Kier molecular flexibility index (Phi) is 3.49. The molecule has 0 N–H and O–H groups in total. The van der Waals surface area contributed by atoms with Crippen LogP contribution < -0.4 is 0 Å². The summed E-state index contributed by atoms with van der Waals surface area (Å²) in [6.45, 7) is 0. The van der Waals surface area contributed by atoms with Gasteiger partial charge < -0.3 is 0 Å². The molecule has 0 aliphatic heterocycles. The quantitative estimate of drug-likeness (QED) is 0.784. The van der Waals surface area contributed by atoms with Gasteiger partial charge in [-0.15, -0.1) is 0 Å². The largest absolute Gasteiger partial charge is 0.298 e. The van der Waals surface area contributed by atoms with Crippen LogP contribution in [0.25, 0.3) is 0 Å². The molecule has 18 heavy (non-hydrogen) atoms. The summed E-state index contributed by atoms with van der Waals surface area (Å²) in [5.74, 6) is -1.67. The van der Waals surface area contributed by atoms with Crippen molar-refractivity contribution in [3.05, 3.63) is 33.8 Å². The third-order valence-electron chi connectivity index (χ3n) is 3.37. The van der Waals surface area contributed by atoms with Gasteiger partial charge in [0, 0.05) is 18.4 Å². The Bertz CT molecular complexity index is 553. The lowest BCUT2D eigenvalue weighted by atomic mass is 9.80. The molecule has 0 amide bonds. The maximum atomic E-state index is 13.8. The second-order valence-corrected chi connectivity index (χ2v) is 5.32. The highest BCUT2D eigenvalue weighted by Gasteiger charge is 2.43. The molecule has 1 aromatic rings. The summed E-state index contributed by atoms with van der Waals surface area (Å²) in [6.07, 6.45) is 1.08. The smallest absolute Gasteiger partial charge is 0.153 e. The van der Waals surface area contributed by atoms with Crippen LogP contribution in [0.5, 0.6) is 0 Å². The highest BCUT2D eigenvalue weighted by molar-refractivity contribution is 9.10. The Labute approximate surface area is 112 Å². The van der Waals surface area contributed by atoms with E-state index in [9.17, 15) is 18.8 Å². The van der Waals surface area contributed by atoms with E-state index < -0.39 is 17.0 Å². The molecule has 1 saturated carbocycles. The number of rotatable bonds is 2. The normalized spacial score (nSPS) is 23.1. The molecule has 0 saturated heterocycles. The van der Waals surface area contributed by atoms with E-state index in [1.807, 2.05) is 6.07 Å². The minimum absolute atomic E-state index is 0.137. The van der Waals surface area contributed by atoms with E-state index in [-0.39, 0.29) is 22.2 Å². The number of Topliss-reactive ketones (excluding diaryl/α,β-unsaturated/α-hetero) is 1. The lowest BCUT2D eigenvalue weighted by Gasteiger charge is -2.19. The van der Waals surface area contributed by atoms with Gasteiger partial charge in [-0.3, -0.25) is 4.79 Å². The van der Waals surface area contributed by atoms with E-state index in [0.717, 1.165) is 6.07 Å². The first-order valence-corrected chi connectivity index (χ1v) is 6.36. The van der Waals surface area contributed by atoms with Crippen molar-refractivity contribution in [2.75, 3.05) is 0 Å². The van der Waals surface area contributed by atoms with Crippen LogP contribution in [0.15, 0.2) is 16.6 Å². The number of hydrogen-bond acceptors (Lipinski definition) is 2. The maximum Gasteiger partial charge on any atom is 0.153 e. The minimum Gasteiger partial charge on any atom is -0.298 e. The van der Waals surface area contributed by atoms with E-state index in [1.165, 1.54) is 6.07 Å². The van der Waals surface area contributed by atoms with Gasteiger partial charge in [0.2, 0.25) is 0 Å². The fourth-order valence-corrected chi connectivity index (χ4v) is 2.68. The zero-order valence-corrected chi connectivity index (χ0v) is 11.1. The van der Waals surface area contributed by atoms with E-state index >= 15 is 0 Å². The molecule has 0 heterocycles. The van der Waals surface area contributed by atoms with Gasteiger partial charge in [-0.25, -0.2) is 8.78 Å². The van der Waals surface area contributed by atoms with E-state index in [4.69, 9.17) is 0 Å². The topological polar surface area (TPSA) is 40.9 Å². The predicted molar refractivity (Wildman–Crippen MR) is 64.7 cm³/mol. The average molecular weight is 314 g/mol. The molecule has 2 rings (SSSR count). The first-order valence-electron chi connectivity index (χ1n) is 5.57. The van der Waals surface area contributed by atoms with Crippen LogP contribution in [0.3, 0.4) is 0 Å². The molecule has 1 aliphatic rings. The number of ketones is 1. The molecule has 1 atom stereocenters. The summed E-state index contributed by atoms with van der Waals surface area (Å²) in [7, 11) is 0. The Morgan fingerprint density at radius 3 is 2.72 bits per heavy atom. The van der Waals surface area contributed by atoms with Crippen molar-refractivity contribution in [2.45, 2.75) is 25.7 Å². The van der Waals surface area contributed by atoms with E-state index in [1.54, 1.807) is 0 Å². The van der Waals surface area contributed by atoms with Crippen LogP contribution in [0.1, 0.15) is 24.8 Å². The van der Waals surface area contributed by atoms with Gasteiger partial charge in [0.1, 0.15) is 17.0 Å². The van der Waals surface area contributed by atoms with Gasteiger partial charge in [-0.1, -0.05) is 0 Å². The lowest BCUT2D eigenvalue weighted by molar-refractivity contribution is -0.123. The minimum atomic E-state index is -1.26. The third kappa shape index (κ3) is 2.05. The van der Waals surface area contributed by atoms with Crippen LogP contribution in [0.2, 0.25) is 0 Å². The summed E-state index contributed by atoms with van der Waals surface area (Å²) in [5.41, 5.74) is -1.45. The Hall–Kier alpha value is -1.28. The van der Waals surface area contributed by atoms with Gasteiger partial charge in [0.05, 0.1) is 10.5 Å². The molecule has 94 valence electrons. The van der Waals surface area contributed by atoms with Crippen LogP contribution in [-0.4, -0.2) is 5.78 Å². The summed E-state index contributed by atoms with van der Waals surface area (Å²) in [5, 5.41) is 9.17. The van der Waals surface area contributed by atoms with Crippen LogP contribution >= 0.6 is 15.9 Å². The number of nitriles is 1. The third-order valence-corrected chi connectivity index (χ3v) is 3.99. The summed E-state index contributed by atoms with van der Waals surface area (Å²) >= 11 is 2.97. The molecular weight excluding hydrogens is 304 g/mol. The van der Waals surface area contributed by atoms with Gasteiger partial charge >= 0.3 is 0 Å². The number of benzene rings is 1. The summed E-state index contributed by atoms with van der Waals surface area (Å²) in [4.78, 5) is 11.8. The first kappa shape index (κ1) is 13.2. The van der Waals surface area contributed by atoms with Crippen molar-refractivity contribution in [2.24, 2.45) is 5.41 Å². The van der Waals surface area contributed by atoms with Gasteiger partial charge in [-0.2, -0.15) is 5.26 Å². The number of nitrogens with zero attached hydrogens (tertiary/aromatic N) is 1. The average Bonchev–Trinajstić information content (AvgIpc) is 2.72. The Morgan fingerprint density at radius 2 is 2.17 bits per heavy atom. The summed E-state index contributed by atoms with van der Waals surface area (Å²) in [6, 6.07) is 4.35. The van der Waals surface area contributed by atoms with Crippen LogP contribution in [0.4, 0.5) is 8.78 Å². The number of carbonyl (C=O) groups is 1. The standard InChI is InChI=1S/C13H10BrF2NO/c14-9-3-4-10(15)8(12(9)16)6-13(7-17)5-1-2-11(13)18/h3-4H,1-2,5-6H2. The highest BCUT2D eigenvalue weighted by Crippen LogP contribution is 2.39. The van der Waals surface area contributed by atoms with E-state index in [0.29, 0.717) is 19.3 Å². The molecule has 0 spiro atoms. The fraction of sp³-hybridized carbons (Fsp3) is 0.385. The molecule has 0 aromatic heterocycles. The first-order chi connectivity index (χ1) is 8.50. The zero-order valence-electron chi connectivity index (χ0n) is 9.47. The van der Waals surface area contributed by atoms with Crippen molar-refractivity contribution in [1.82, 2.24) is 0 Å². The van der Waals surface area contributed by atoms with Crippen molar-refractivity contribution >= 4 is 21.7 Å². The number of carbonyl (C=O) groups excluding carboxylic acids is 1. The van der Waals surface area contributed by atoms with Crippen molar-refractivity contribution in [3.63, 3.8) is 0 Å². The van der Waals surface area contributed by atoms with E-state index in [2.05, 4.69) is 15.9 Å². The molecule has 1 fully saturated rings. The molecule has 5 heteroatoms. The fourth-order valence-electron chi connectivity index (χ4n) is 2.31. The highest BCUT2D eigenvalue weighted by atomic mass is 79.9. The molecule has 1 aromatic carbocycles. The predicted octanol–water partition coefficient (Wildman–Crippen LogP) is 3.53. The molecule has 0 bridgehead atoms. The lowest BCUT2D eigenvalue weighted by Crippen LogP contribution is -2.27. The van der Waals surface area contributed by atoms with Gasteiger partial charge in [0.25, 0.3) is 0 Å². The maximum absolute atomic E-state index is 13.8. The second-order valence-electron chi connectivity index (χ2n) is 4.47. The molecule has 1 aliphatic carbocycles. The van der Waals surface area contributed by atoms with Crippen molar-refractivity contribution < 1.29 is 13.6 Å². The molecule has 2 nitrogen and oxygen atoms in total. The Balaban J connectivity index is 2.43. The van der Waals surface area contributed by atoms with Crippen molar-refractivity contribution in [3.8, 4) is 6.07 Å². The van der Waals surface area contributed by atoms with Crippen molar-refractivity contribution in [1.29, 1.82) is 5.26 Å². The van der Waals surface area contributed by atoms with Crippen LogP contribution in [-0.2, 0) is 11.2 Å². The second kappa shape index (κ2) is 4.77. The van der Waals surface area contributed by atoms with Gasteiger partial charge in [0.15, 0.2) is 5.78 Å². The summed E-state index contributed by atoms with van der Waals surface area (Å²) < 4.78 is 27.6. The number of halogens is 3. The SMILES string of the molecule is N#CC1(Cc2c(F)ccc(Br)c2F)CCCC1=O.